The smallest absolute Gasteiger partial charge is 0.410 e. The maximum absolute atomic E-state index is 13.8. The van der Waals surface area contributed by atoms with Crippen LogP contribution in [0.2, 0.25) is 0 Å². The van der Waals surface area contributed by atoms with Crippen LogP contribution in [0, 0.1) is 5.92 Å². The molecule has 8 nitrogen and oxygen atoms in total. The van der Waals surface area contributed by atoms with Crippen LogP contribution >= 0.6 is 0 Å². The van der Waals surface area contributed by atoms with Crippen molar-refractivity contribution < 1.29 is 29.0 Å². The summed E-state index contributed by atoms with van der Waals surface area (Å²) in [6, 6.07) is 25.0. The number of carbonyl (C=O) groups is 3. The fourth-order valence-electron chi connectivity index (χ4n) is 5.82. The third-order valence-corrected chi connectivity index (χ3v) is 7.71. The lowest BCUT2D eigenvalue weighted by Gasteiger charge is -2.42. The molecule has 1 saturated heterocycles. The lowest BCUT2D eigenvalue weighted by atomic mass is 9.90. The normalized spacial score (nSPS) is 18.3. The van der Waals surface area contributed by atoms with Gasteiger partial charge in [-0.2, -0.15) is 0 Å². The summed E-state index contributed by atoms with van der Waals surface area (Å²) in [6.07, 6.45) is -0.844. The van der Waals surface area contributed by atoms with Crippen molar-refractivity contribution in [2.24, 2.45) is 5.92 Å². The van der Waals surface area contributed by atoms with Crippen LogP contribution < -0.4 is 0 Å². The van der Waals surface area contributed by atoms with Gasteiger partial charge < -0.3 is 19.5 Å². The van der Waals surface area contributed by atoms with Crippen molar-refractivity contribution in [2.75, 3.05) is 19.7 Å². The predicted octanol–water partition coefficient (Wildman–Crippen LogP) is 6.15. The summed E-state index contributed by atoms with van der Waals surface area (Å²) in [7, 11) is 0. The molecule has 8 heteroatoms. The molecule has 1 aliphatic carbocycles. The topological polar surface area (TPSA) is 96.4 Å². The molecule has 1 fully saturated rings. The maximum atomic E-state index is 13.8. The molecule has 214 valence electrons. The van der Waals surface area contributed by atoms with E-state index in [1.54, 1.807) is 20.8 Å². The van der Waals surface area contributed by atoms with Crippen LogP contribution in [0.4, 0.5) is 9.59 Å². The zero-order chi connectivity index (χ0) is 29.1. The number of carboxylic acid groups (broad SMARTS) is 1. The Morgan fingerprint density at radius 1 is 0.902 bits per heavy atom. The molecule has 0 unspecified atom stereocenters. The first-order valence-corrected chi connectivity index (χ1v) is 14.0. The molecule has 41 heavy (non-hydrogen) atoms. The van der Waals surface area contributed by atoms with Crippen molar-refractivity contribution in [1.82, 2.24) is 9.80 Å². The van der Waals surface area contributed by atoms with Crippen molar-refractivity contribution in [3.63, 3.8) is 0 Å². The van der Waals surface area contributed by atoms with Crippen molar-refractivity contribution in [3.8, 4) is 11.1 Å². The van der Waals surface area contributed by atoms with Gasteiger partial charge in [-0.05, 0) is 55.0 Å². The first-order valence-electron chi connectivity index (χ1n) is 14.0. The van der Waals surface area contributed by atoms with Gasteiger partial charge in [0.1, 0.15) is 12.2 Å². The van der Waals surface area contributed by atoms with Gasteiger partial charge >= 0.3 is 18.2 Å². The lowest BCUT2D eigenvalue weighted by molar-refractivity contribution is -0.146. The molecule has 1 aliphatic heterocycles. The Hall–Kier alpha value is -4.33. The van der Waals surface area contributed by atoms with E-state index in [4.69, 9.17) is 9.47 Å². The number of hydrogen-bond acceptors (Lipinski definition) is 5. The molecule has 0 spiro atoms. The van der Waals surface area contributed by atoms with E-state index in [-0.39, 0.29) is 38.6 Å². The molecule has 0 saturated carbocycles. The highest BCUT2D eigenvalue weighted by molar-refractivity contribution is 5.79. The Kier molecular flexibility index (Phi) is 8.01. The molecule has 1 heterocycles. The van der Waals surface area contributed by atoms with Crippen molar-refractivity contribution in [1.29, 1.82) is 0 Å². The summed E-state index contributed by atoms with van der Waals surface area (Å²) >= 11 is 0. The van der Waals surface area contributed by atoms with Gasteiger partial charge in [0, 0.05) is 25.6 Å². The number of hydrogen-bond donors (Lipinski definition) is 1. The minimum atomic E-state index is -1.08. The van der Waals surface area contributed by atoms with Crippen LogP contribution in [0.5, 0.6) is 0 Å². The molecule has 0 bridgehead atoms. The van der Waals surface area contributed by atoms with Crippen LogP contribution in [0.15, 0.2) is 78.9 Å². The highest BCUT2D eigenvalue weighted by atomic mass is 16.6. The van der Waals surface area contributed by atoms with Crippen LogP contribution in [-0.2, 0) is 20.8 Å². The van der Waals surface area contributed by atoms with E-state index in [1.165, 1.54) is 9.80 Å². The third kappa shape index (κ3) is 6.21. The fourth-order valence-corrected chi connectivity index (χ4v) is 5.82. The lowest BCUT2D eigenvalue weighted by Crippen LogP contribution is -2.56. The highest BCUT2D eigenvalue weighted by Gasteiger charge is 2.43. The summed E-state index contributed by atoms with van der Waals surface area (Å²) in [5.74, 6) is -2.19. The number of nitrogens with zero attached hydrogens (tertiary/aromatic N) is 2. The summed E-state index contributed by atoms with van der Waals surface area (Å²) in [6.45, 7) is 5.84. The number of amides is 2. The molecule has 0 aromatic heterocycles. The van der Waals surface area contributed by atoms with Gasteiger partial charge in [-0.1, -0.05) is 78.9 Å². The second-order valence-electron chi connectivity index (χ2n) is 11.6. The molecule has 0 radical (unpaired) electrons. The van der Waals surface area contributed by atoms with Crippen LogP contribution in [0.25, 0.3) is 11.1 Å². The number of carbonyl (C=O) groups excluding carboxylic acids is 2. The average Bonchev–Trinajstić information content (AvgIpc) is 3.27. The SMILES string of the molecule is CC(C)(C)OC(=O)N1CC[C@@H](N(Cc2ccccc2)C(=O)OCC2c3ccccc3-c3ccccc32)[C@@H](C(=O)O)C1. The van der Waals surface area contributed by atoms with E-state index in [0.29, 0.717) is 0 Å². The molecule has 2 aliphatic rings. The second-order valence-corrected chi connectivity index (χ2v) is 11.6. The number of carboxylic acids is 1. The quantitative estimate of drug-likeness (QED) is 0.391. The Morgan fingerprint density at radius 3 is 2.07 bits per heavy atom. The van der Waals surface area contributed by atoms with Gasteiger partial charge in [-0.3, -0.25) is 9.69 Å². The van der Waals surface area contributed by atoms with E-state index in [0.717, 1.165) is 27.8 Å². The number of likely N-dealkylation sites (tertiary alicyclic amines) is 1. The molecular weight excluding hydrogens is 520 g/mol. The highest BCUT2D eigenvalue weighted by Crippen LogP contribution is 2.44. The number of rotatable bonds is 6. The van der Waals surface area contributed by atoms with Crippen molar-refractivity contribution >= 4 is 18.2 Å². The molecule has 3 aromatic rings. The van der Waals surface area contributed by atoms with Gasteiger partial charge in [-0.15, -0.1) is 0 Å². The van der Waals surface area contributed by atoms with E-state index in [9.17, 15) is 19.5 Å². The van der Waals surface area contributed by atoms with Gasteiger partial charge in [0.25, 0.3) is 0 Å². The van der Waals surface area contributed by atoms with E-state index >= 15 is 0 Å². The predicted molar refractivity (Wildman–Crippen MR) is 154 cm³/mol. The Bertz CT molecular complexity index is 1370. The standard InChI is InChI=1S/C33H36N2O6/c1-33(2,3)41-31(38)34-18-17-29(27(20-34)30(36)37)35(19-22-11-5-4-6-12-22)32(39)40-21-28-25-15-9-7-13-23(25)24-14-8-10-16-26(24)28/h4-16,27-29H,17-21H2,1-3H3,(H,36,37)/t27-,29+/m0/s1. The molecule has 1 N–H and O–H groups in total. The summed E-state index contributed by atoms with van der Waals surface area (Å²) in [5.41, 5.74) is 4.62. The van der Waals surface area contributed by atoms with E-state index < -0.39 is 35.7 Å². The number of benzene rings is 3. The van der Waals surface area contributed by atoms with Crippen LogP contribution in [0.3, 0.4) is 0 Å². The second kappa shape index (κ2) is 11.6. The summed E-state index contributed by atoms with van der Waals surface area (Å²) < 4.78 is 11.5. The van der Waals surface area contributed by atoms with Crippen molar-refractivity contribution in [2.45, 2.75) is 51.3 Å². The Labute approximate surface area is 240 Å². The fraction of sp³-hybridized carbons (Fsp3) is 0.364. The minimum absolute atomic E-state index is 0.0587. The molecular formula is C33H36N2O6. The first-order chi connectivity index (χ1) is 19.6. The van der Waals surface area contributed by atoms with E-state index in [1.807, 2.05) is 54.6 Å². The number of piperidine rings is 1. The van der Waals surface area contributed by atoms with Crippen LogP contribution in [0.1, 0.15) is 49.8 Å². The zero-order valence-corrected chi connectivity index (χ0v) is 23.7. The average molecular weight is 557 g/mol. The Balaban J connectivity index is 1.37. The van der Waals surface area contributed by atoms with Crippen molar-refractivity contribution in [3.05, 3.63) is 95.6 Å². The molecule has 5 rings (SSSR count). The van der Waals surface area contributed by atoms with Gasteiger partial charge in [0.15, 0.2) is 0 Å². The van der Waals surface area contributed by atoms with Crippen LogP contribution in [-0.4, -0.2) is 64.4 Å². The molecule has 2 amide bonds. The van der Waals surface area contributed by atoms with E-state index in [2.05, 4.69) is 24.3 Å². The summed E-state index contributed by atoms with van der Waals surface area (Å²) in [4.78, 5) is 42.0. The first kappa shape index (κ1) is 28.2. The number of ether oxygens (including phenoxy) is 2. The van der Waals surface area contributed by atoms with Gasteiger partial charge in [0.05, 0.1) is 12.0 Å². The zero-order valence-electron chi connectivity index (χ0n) is 23.7. The molecule has 2 atom stereocenters. The maximum Gasteiger partial charge on any atom is 0.410 e. The minimum Gasteiger partial charge on any atom is -0.481 e. The number of aliphatic carboxylic acids is 1. The van der Waals surface area contributed by atoms with Gasteiger partial charge in [-0.25, -0.2) is 9.59 Å². The number of fused-ring (bicyclic) bond motifs is 3. The summed E-state index contributed by atoms with van der Waals surface area (Å²) in [5, 5.41) is 10.2. The Morgan fingerprint density at radius 2 is 1.49 bits per heavy atom. The molecule has 3 aromatic carbocycles. The largest absolute Gasteiger partial charge is 0.481 e. The van der Waals surface area contributed by atoms with Gasteiger partial charge in [0.2, 0.25) is 0 Å². The third-order valence-electron chi connectivity index (χ3n) is 7.71. The monoisotopic (exact) mass is 556 g/mol.